The van der Waals surface area contributed by atoms with E-state index in [2.05, 4.69) is 0 Å². The summed E-state index contributed by atoms with van der Waals surface area (Å²) >= 11 is 0. The molecule has 116 valence electrons. The van der Waals surface area contributed by atoms with Crippen LogP contribution in [0.25, 0.3) is 0 Å². The zero-order valence-electron chi connectivity index (χ0n) is 13.5. The molecule has 0 spiro atoms. The molecule has 1 unspecified atom stereocenters. The predicted octanol–water partition coefficient (Wildman–Crippen LogP) is 3.60. The lowest BCUT2D eigenvalue weighted by Gasteiger charge is -2.23. The second kappa shape index (κ2) is 7.15. The lowest BCUT2D eigenvalue weighted by atomic mass is 10.0. The van der Waals surface area contributed by atoms with E-state index in [1.165, 1.54) is 0 Å². The molecule has 0 fully saturated rings. The van der Waals surface area contributed by atoms with Gasteiger partial charge in [0.25, 0.3) is 0 Å². The summed E-state index contributed by atoms with van der Waals surface area (Å²) in [4.78, 5) is 11.2. The van der Waals surface area contributed by atoms with Gasteiger partial charge in [0.15, 0.2) is 16.9 Å². The van der Waals surface area contributed by atoms with Crippen molar-refractivity contribution in [1.29, 1.82) is 0 Å². The van der Waals surface area contributed by atoms with Crippen LogP contribution in [0.15, 0.2) is 42.5 Å². The van der Waals surface area contributed by atoms with Crippen molar-refractivity contribution in [3.05, 3.63) is 59.2 Å². The summed E-state index contributed by atoms with van der Waals surface area (Å²) in [5.74, 6) is 0. The van der Waals surface area contributed by atoms with Crippen LogP contribution in [-0.2, 0) is 9.05 Å². The normalized spacial score (nSPS) is 13.6. The number of carbonyl (C=O) groups excluding carboxylic acids is 1. The van der Waals surface area contributed by atoms with E-state index in [0.29, 0.717) is 6.61 Å². The highest BCUT2D eigenvalue weighted by molar-refractivity contribution is 7.81. The van der Waals surface area contributed by atoms with Crippen molar-refractivity contribution < 1.29 is 13.8 Å². The topological polar surface area (TPSA) is 35.5 Å². The molecule has 0 radical (unpaired) electrons. The Morgan fingerprint density at radius 1 is 1.05 bits per heavy atom. The summed E-state index contributed by atoms with van der Waals surface area (Å²) in [6.07, 6.45) is 0.907. The van der Waals surface area contributed by atoms with E-state index < -0.39 is 7.72 Å². The van der Waals surface area contributed by atoms with Gasteiger partial charge in [-0.15, -0.1) is 0 Å². The van der Waals surface area contributed by atoms with Crippen LogP contribution in [0.3, 0.4) is 0 Å². The summed E-state index contributed by atoms with van der Waals surface area (Å²) in [6.45, 7) is 6.42. The third kappa shape index (κ3) is 2.98. The van der Waals surface area contributed by atoms with Crippen molar-refractivity contribution in [1.82, 2.24) is 0 Å². The Balaban J connectivity index is 2.67. The third-order valence-corrected chi connectivity index (χ3v) is 6.75. The number of aldehydes is 1. The maximum Gasteiger partial charge on any atom is 0.339 e. The minimum atomic E-state index is -2.38. The van der Waals surface area contributed by atoms with Gasteiger partial charge in [0.05, 0.1) is 13.7 Å². The molecule has 0 N–H and O–H groups in total. The lowest BCUT2D eigenvalue weighted by Crippen LogP contribution is -2.26. The molecule has 0 heterocycles. The monoisotopic (exact) mass is 317 g/mol. The predicted molar refractivity (Wildman–Crippen MR) is 92.6 cm³/mol. The molecule has 3 nitrogen and oxygen atoms in total. The highest BCUT2D eigenvalue weighted by atomic mass is 31.2. The van der Waals surface area contributed by atoms with Crippen LogP contribution < -0.4 is 10.6 Å². The van der Waals surface area contributed by atoms with Crippen molar-refractivity contribution in [3.63, 3.8) is 0 Å². The van der Waals surface area contributed by atoms with Crippen molar-refractivity contribution in [3.8, 4) is 0 Å². The smallest absolute Gasteiger partial charge is 0.298 e. The van der Waals surface area contributed by atoms with Crippen molar-refractivity contribution >= 4 is 24.6 Å². The van der Waals surface area contributed by atoms with Gasteiger partial charge in [-0.05, 0) is 56.2 Å². The molecule has 0 saturated carbocycles. The standard InChI is InChI=1S/C18H22O3P/c1-5-21-22(20-4,16-9-7-6-8-10-16)17-11-14(2)18(13-19)15(3)12-17/h6-13H,5H2,1-4H3/q+1. The Morgan fingerprint density at radius 3 is 2.09 bits per heavy atom. The fourth-order valence-corrected chi connectivity index (χ4v) is 5.45. The van der Waals surface area contributed by atoms with Gasteiger partial charge in [-0.3, -0.25) is 4.79 Å². The van der Waals surface area contributed by atoms with Crippen LogP contribution in [0, 0.1) is 13.8 Å². The van der Waals surface area contributed by atoms with Gasteiger partial charge in [0.2, 0.25) is 0 Å². The molecule has 0 aliphatic heterocycles. The number of hydrogen-bond acceptors (Lipinski definition) is 3. The number of rotatable bonds is 6. The van der Waals surface area contributed by atoms with Crippen molar-refractivity contribution in [2.24, 2.45) is 0 Å². The van der Waals surface area contributed by atoms with E-state index in [9.17, 15) is 4.79 Å². The average Bonchev–Trinajstić information content (AvgIpc) is 2.53. The van der Waals surface area contributed by atoms with Crippen LogP contribution in [0.4, 0.5) is 0 Å². The molecule has 2 rings (SSSR count). The van der Waals surface area contributed by atoms with Gasteiger partial charge in [-0.1, -0.05) is 18.2 Å². The number of aryl methyl sites for hydroxylation is 2. The molecule has 0 bridgehead atoms. The third-order valence-electron chi connectivity index (χ3n) is 3.70. The SMILES string of the molecule is CCO[P+](OC)(c1ccccc1)c1cc(C)c(C=O)c(C)c1. The first-order valence-corrected chi connectivity index (χ1v) is 8.93. The first kappa shape index (κ1) is 16.8. The Bertz CT molecular complexity index is 632. The average molecular weight is 317 g/mol. The molecule has 0 aliphatic carbocycles. The van der Waals surface area contributed by atoms with Crippen LogP contribution in [0.1, 0.15) is 28.4 Å². The van der Waals surface area contributed by atoms with Crippen molar-refractivity contribution in [2.75, 3.05) is 13.7 Å². The maximum atomic E-state index is 11.2. The summed E-state index contributed by atoms with van der Waals surface area (Å²) in [7, 11) is -0.693. The quantitative estimate of drug-likeness (QED) is 0.603. The van der Waals surface area contributed by atoms with E-state index >= 15 is 0 Å². The van der Waals surface area contributed by atoms with Gasteiger partial charge in [0.1, 0.15) is 0 Å². The van der Waals surface area contributed by atoms with Crippen LogP contribution in [0.2, 0.25) is 0 Å². The van der Waals surface area contributed by atoms with E-state index in [1.807, 2.05) is 63.2 Å². The summed E-state index contributed by atoms with van der Waals surface area (Å²) in [5.41, 5.74) is 2.63. The highest BCUT2D eigenvalue weighted by Gasteiger charge is 2.47. The van der Waals surface area contributed by atoms with Gasteiger partial charge >= 0.3 is 7.72 Å². The van der Waals surface area contributed by atoms with Gasteiger partial charge in [-0.25, -0.2) is 0 Å². The van der Waals surface area contributed by atoms with Crippen LogP contribution in [-0.4, -0.2) is 20.0 Å². The van der Waals surface area contributed by atoms with E-state index in [-0.39, 0.29) is 0 Å². The lowest BCUT2D eigenvalue weighted by molar-refractivity contribution is 0.112. The van der Waals surface area contributed by atoms with Crippen molar-refractivity contribution in [2.45, 2.75) is 20.8 Å². The number of hydrogen-bond donors (Lipinski definition) is 0. The Labute approximate surface area is 132 Å². The second-order valence-corrected chi connectivity index (χ2v) is 7.86. The fraction of sp³-hybridized carbons (Fsp3) is 0.278. The highest BCUT2D eigenvalue weighted by Crippen LogP contribution is 2.58. The van der Waals surface area contributed by atoms with E-state index in [4.69, 9.17) is 9.05 Å². The molecule has 0 amide bonds. The Morgan fingerprint density at radius 2 is 1.64 bits per heavy atom. The number of carbonyl (C=O) groups is 1. The summed E-state index contributed by atoms with van der Waals surface area (Å²) < 4.78 is 12.1. The molecular weight excluding hydrogens is 295 g/mol. The maximum absolute atomic E-state index is 11.2. The first-order valence-electron chi connectivity index (χ1n) is 7.31. The van der Waals surface area contributed by atoms with E-state index in [1.54, 1.807) is 7.11 Å². The first-order chi connectivity index (χ1) is 10.6. The number of benzene rings is 2. The molecular formula is C18H22O3P+. The fourth-order valence-electron chi connectivity index (χ4n) is 2.68. The zero-order chi connectivity index (χ0) is 16.2. The molecule has 4 heteroatoms. The summed E-state index contributed by atoms with van der Waals surface area (Å²) in [5, 5.41) is 2.04. The second-order valence-electron chi connectivity index (χ2n) is 5.10. The van der Waals surface area contributed by atoms with Crippen LogP contribution in [0.5, 0.6) is 0 Å². The molecule has 2 aromatic carbocycles. The summed E-state index contributed by atoms with van der Waals surface area (Å²) in [6, 6.07) is 14.0. The molecule has 0 aromatic heterocycles. The van der Waals surface area contributed by atoms with Crippen LogP contribution >= 0.6 is 7.72 Å². The largest absolute Gasteiger partial charge is 0.339 e. The molecule has 2 aromatic rings. The molecule has 22 heavy (non-hydrogen) atoms. The Hall–Kier alpha value is -1.54. The minimum absolute atomic E-state index is 0.560. The minimum Gasteiger partial charge on any atom is -0.298 e. The molecule has 0 saturated heterocycles. The molecule has 1 atom stereocenters. The Kier molecular flexibility index (Phi) is 5.47. The van der Waals surface area contributed by atoms with E-state index in [0.717, 1.165) is 33.6 Å². The zero-order valence-corrected chi connectivity index (χ0v) is 14.4. The van der Waals surface area contributed by atoms with Gasteiger partial charge in [-0.2, -0.15) is 9.05 Å². The van der Waals surface area contributed by atoms with Gasteiger partial charge < -0.3 is 0 Å². The molecule has 0 aliphatic rings. The van der Waals surface area contributed by atoms with Gasteiger partial charge in [0, 0.05) is 5.56 Å².